The molecule has 1 amide bonds. The molecule has 0 saturated carbocycles. The van der Waals surface area contributed by atoms with Gasteiger partial charge in [0.1, 0.15) is 11.6 Å². The van der Waals surface area contributed by atoms with Crippen LogP contribution in [0.3, 0.4) is 0 Å². The van der Waals surface area contributed by atoms with Crippen LogP contribution in [0.15, 0.2) is 63.5 Å². The van der Waals surface area contributed by atoms with Crippen molar-refractivity contribution in [3.8, 4) is 6.07 Å². The van der Waals surface area contributed by atoms with Crippen LogP contribution in [0.25, 0.3) is 6.08 Å². The summed E-state index contributed by atoms with van der Waals surface area (Å²) in [5.41, 5.74) is 0.933. The van der Waals surface area contributed by atoms with Gasteiger partial charge in [0.25, 0.3) is 5.91 Å². The summed E-state index contributed by atoms with van der Waals surface area (Å²) in [7, 11) is -3.60. The molecule has 8 heteroatoms. The smallest absolute Gasteiger partial charge is 0.266 e. The lowest BCUT2D eigenvalue weighted by Gasteiger charge is -2.26. The lowest BCUT2D eigenvalue weighted by molar-refractivity contribution is -0.112. The molecule has 1 aliphatic heterocycles. The van der Waals surface area contributed by atoms with E-state index in [1.165, 1.54) is 22.5 Å². The maximum Gasteiger partial charge on any atom is 0.266 e. The van der Waals surface area contributed by atoms with Gasteiger partial charge in [-0.15, -0.1) is 0 Å². The minimum atomic E-state index is -3.60. The van der Waals surface area contributed by atoms with Crippen molar-refractivity contribution in [1.82, 2.24) is 4.31 Å². The maximum absolute atomic E-state index is 12.8. The summed E-state index contributed by atoms with van der Waals surface area (Å²) in [6, 6.07) is 15.2. The normalized spacial score (nSPS) is 15.5. The van der Waals surface area contributed by atoms with E-state index in [0.717, 1.165) is 23.7 Å². The number of piperidine rings is 1. The van der Waals surface area contributed by atoms with Crippen LogP contribution < -0.4 is 5.32 Å². The average molecular weight is 474 g/mol. The summed E-state index contributed by atoms with van der Waals surface area (Å²) in [5.74, 6) is -0.601. The minimum Gasteiger partial charge on any atom is -0.321 e. The van der Waals surface area contributed by atoms with E-state index >= 15 is 0 Å². The zero-order chi connectivity index (χ0) is 20.9. The zero-order valence-electron chi connectivity index (χ0n) is 15.6. The summed E-state index contributed by atoms with van der Waals surface area (Å²) in [6.45, 7) is 1.01. The van der Waals surface area contributed by atoms with Gasteiger partial charge in [0, 0.05) is 23.2 Å². The molecule has 0 bridgehead atoms. The Balaban J connectivity index is 1.81. The SMILES string of the molecule is N#C/C(=C\c1ccccc1Br)C(=O)Nc1cccc(S(=O)(=O)N2CCCCC2)c1. The topological polar surface area (TPSA) is 90.3 Å². The zero-order valence-corrected chi connectivity index (χ0v) is 18.0. The molecule has 0 aliphatic carbocycles. The predicted molar refractivity (Wildman–Crippen MR) is 115 cm³/mol. The van der Waals surface area contributed by atoms with Crippen LogP contribution in [-0.2, 0) is 14.8 Å². The van der Waals surface area contributed by atoms with E-state index in [2.05, 4.69) is 21.2 Å². The van der Waals surface area contributed by atoms with Gasteiger partial charge in [0.15, 0.2) is 0 Å². The standard InChI is InChI=1S/C21H20BrN3O3S/c22-20-10-3-2-7-16(20)13-17(15-23)21(26)24-18-8-6-9-19(14-18)29(27,28)25-11-4-1-5-12-25/h2-3,6-10,13-14H,1,4-5,11-12H2,(H,24,26)/b17-13+. The fourth-order valence-electron chi connectivity index (χ4n) is 3.08. The van der Waals surface area contributed by atoms with Gasteiger partial charge >= 0.3 is 0 Å². The second kappa shape index (κ2) is 9.35. The number of anilines is 1. The average Bonchev–Trinajstić information content (AvgIpc) is 2.74. The van der Waals surface area contributed by atoms with Gasteiger partial charge in [-0.3, -0.25) is 4.79 Å². The highest BCUT2D eigenvalue weighted by molar-refractivity contribution is 9.10. The van der Waals surface area contributed by atoms with Crippen molar-refractivity contribution < 1.29 is 13.2 Å². The number of benzene rings is 2. The van der Waals surface area contributed by atoms with Crippen LogP contribution in [0.1, 0.15) is 24.8 Å². The van der Waals surface area contributed by atoms with Crippen molar-refractivity contribution in [1.29, 1.82) is 5.26 Å². The largest absolute Gasteiger partial charge is 0.321 e. The third-order valence-corrected chi connectivity index (χ3v) is 7.23. The number of carbonyl (C=O) groups excluding carboxylic acids is 1. The van der Waals surface area contributed by atoms with E-state index in [4.69, 9.17) is 0 Å². The van der Waals surface area contributed by atoms with Gasteiger partial charge in [-0.1, -0.05) is 46.6 Å². The molecule has 1 heterocycles. The third-order valence-electron chi connectivity index (χ3n) is 4.61. The third kappa shape index (κ3) is 5.12. The molecule has 2 aromatic rings. The van der Waals surface area contributed by atoms with E-state index in [1.807, 2.05) is 18.2 Å². The molecule has 0 unspecified atom stereocenters. The minimum absolute atomic E-state index is 0.0822. The van der Waals surface area contributed by atoms with Crippen LogP contribution in [0, 0.1) is 11.3 Å². The molecule has 3 rings (SSSR count). The Kier molecular flexibility index (Phi) is 6.85. The maximum atomic E-state index is 12.8. The fourth-order valence-corrected chi connectivity index (χ4v) is 5.05. The van der Waals surface area contributed by atoms with Crippen molar-refractivity contribution in [2.75, 3.05) is 18.4 Å². The van der Waals surface area contributed by atoms with Crippen molar-refractivity contribution in [2.45, 2.75) is 24.2 Å². The number of hydrogen-bond acceptors (Lipinski definition) is 4. The Morgan fingerprint density at radius 1 is 1.10 bits per heavy atom. The number of nitriles is 1. The van der Waals surface area contributed by atoms with Crippen LogP contribution in [0.4, 0.5) is 5.69 Å². The summed E-state index contributed by atoms with van der Waals surface area (Å²) in [5, 5.41) is 12.0. The molecular weight excluding hydrogens is 454 g/mol. The van der Waals surface area contributed by atoms with Crippen LogP contribution >= 0.6 is 15.9 Å². The second-order valence-electron chi connectivity index (χ2n) is 6.64. The Labute approximate surface area is 179 Å². The number of rotatable bonds is 5. The molecule has 0 spiro atoms. The number of sulfonamides is 1. The first-order chi connectivity index (χ1) is 13.9. The van der Waals surface area contributed by atoms with Gasteiger partial charge in [-0.2, -0.15) is 9.57 Å². The first kappa shape index (κ1) is 21.2. The molecule has 2 aromatic carbocycles. The van der Waals surface area contributed by atoms with Gasteiger partial charge < -0.3 is 5.32 Å². The van der Waals surface area contributed by atoms with Gasteiger partial charge in [0.2, 0.25) is 10.0 Å². The fraction of sp³-hybridized carbons (Fsp3) is 0.238. The Bertz CT molecular complexity index is 1080. The second-order valence-corrected chi connectivity index (χ2v) is 9.43. The number of nitrogens with zero attached hydrogens (tertiary/aromatic N) is 2. The molecule has 150 valence electrons. The Morgan fingerprint density at radius 3 is 2.52 bits per heavy atom. The highest BCUT2D eigenvalue weighted by Crippen LogP contribution is 2.24. The molecule has 1 saturated heterocycles. The molecular formula is C21H20BrN3O3S. The quantitative estimate of drug-likeness (QED) is 0.520. The van der Waals surface area contributed by atoms with Gasteiger partial charge in [-0.25, -0.2) is 8.42 Å². The lowest BCUT2D eigenvalue weighted by atomic mass is 10.1. The predicted octanol–water partition coefficient (Wildman–Crippen LogP) is 4.17. The van der Waals surface area contributed by atoms with Crippen molar-refractivity contribution in [3.63, 3.8) is 0 Å². The van der Waals surface area contributed by atoms with E-state index in [0.29, 0.717) is 24.3 Å². The van der Waals surface area contributed by atoms with Gasteiger partial charge in [-0.05, 0) is 48.7 Å². The summed E-state index contributed by atoms with van der Waals surface area (Å²) < 4.78 is 27.9. The molecule has 1 fully saturated rings. The summed E-state index contributed by atoms with van der Waals surface area (Å²) >= 11 is 3.38. The first-order valence-corrected chi connectivity index (χ1v) is 11.4. The Morgan fingerprint density at radius 2 is 1.83 bits per heavy atom. The van der Waals surface area contributed by atoms with Crippen molar-refractivity contribution in [3.05, 3.63) is 64.1 Å². The van der Waals surface area contributed by atoms with Crippen LogP contribution in [0.5, 0.6) is 0 Å². The molecule has 6 nitrogen and oxygen atoms in total. The van der Waals surface area contributed by atoms with Crippen LogP contribution in [0.2, 0.25) is 0 Å². The monoisotopic (exact) mass is 473 g/mol. The number of nitrogens with one attached hydrogen (secondary N) is 1. The van der Waals surface area contributed by atoms with E-state index < -0.39 is 15.9 Å². The van der Waals surface area contributed by atoms with Crippen molar-refractivity contribution in [2.24, 2.45) is 0 Å². The highest BCUT2D eigenvalue weighted by Gasteiger charge is 2.26. The number of carbonyl (C=O) groups is 1. The molecule has 1 aliphatic rings. The van der Waals surface area contributed by atoms with E-state index in [1.54, 1.807) is 24.3 Å². The summed E-state index contributed by atoms with van der Waals surface area (Å²) in [4.78, 5) is 12.7. The van der Waals surface area contributed by atoms with E-state index in [9.17, 15) is 18.5 Å². The van der Waals surface area contributed by atoms with Crippen LogP contribution in [-0.4, -0.2) is 31.7 Å². The number of hydrogen-bond donors (Lipinski definition) is 1. The molecule has 0 atom stereocenters. The lowest BCUT2D eigenvalue weighted by Crippen LogP contribution is -2.35. The molecule has 0 aromatic heterocycles. The van der Waals surface area contributed by atoms with E-state index in [-0.39, 0.29) is 10.5 Å². The highest BCUT2D eigenvalue weighted by atomic mass is 79.9. The molecule has 0 radical (unpaired) electrons. The van der Waals surface area contributed by atoms with Gasteiger partial charge in [0.05, 0.1) is 4.90 Å². The molecule has 29 heavy (non-hydrogen) atoms. The summed E-state index contributed by atoms with van der Waals surface area (Å²) in [6.07, 6.45) is 4.21. The van der Waals surface area contributed by atoms with Crippen molar-refractivity contribution >= 4 is 43.6 Å². The molecule has 1 N–H and O–H groups in total. The Hall–Kier alpha value is -2.47. The number of amides is 1. The number of halogens is 1. The first-order valence-electron chi connectivity index (χ1n) is 9.20.